The highest BCUT2D eigenvalue weighted by Gasteiger charge is 2.47. The first kappa shape index (κ1) is 23.1. The minimum absolute atomic E-state index is 0.206. The summed E-state index contributed by atoms with van der Waals surface area (Å²) in [6.45, 7) is 6.98. The second-order valence-electron chi connectivity index (χ2n) is 9.68. The molecule has 6 nitrogen and oxygen atoms in total. The molecule has 4 rings (SSSR count). The standard InChI is InChI=1S/C26H38N2O4/c1-2-32-23-9-6-21(7-10-23)18-25(30)28-19-22(26(20-28)12-4-3-5-13-26)8-11-24(29)27-14-16-31-17-15-27/h6-7,9-10,22H,2-5,8,11-20H2,1H3. The summed E-state index contributed by atoms with van der Waals surface area (Å²) in [4.78, 5) is 30.0. The molecule has 2 aliphatic heterocycles. The van der Waals surface area contributed by atoms with Gasteiger partial charge in [0.15, 0.2) is 0 Å². The molecule has 0 bridgehead atoms. The van der Waals surface area contributed by atoms with Gasteiger partial charge in [0.05, 0.1) is 26.2 Å². The number of likely N-dealkylation sites (tertiary alicyclic amines) is 1. The molecular formula is C26H38N2O4. The molecule has 1 aromatic carbocycles. The number of carbonyl (C=O) groups is 2. The zero-order valence-electron chi connectivity index (χ0n) is 19.5. The van der Waals surface area contributed by atoms with E-state index in [0.29, 0.717) is 51.7 Å². The molecule has 3 aliphatic rings. The van der Waals surface area contributed by atoms with E-state index in [1.807, 2.05) is 36.1 Å². The Kier molecular flexibility index (Phi) is 7.71. The van der Waals surface area contributed by atoms with E-state index in [4.69, 9.17) is 9.47 Å². The summed E-state index contributed by atoms with van der Waals surface area (Å²) in [6.07, 6.45) is 8.08. The minimum Gasteiger partial charge on any atom is -0.494 e. The van der Waals surface area contributed by atoms with Gasteiger partial charge in [0, 0.05) is 32.6 Å². The van der Waals surface area contributed by atoms with E-state index in [0.717, 1.165) is 30.8 Å². The summed E-state index contributed by atoms with van der Waals surface area (Å²) >= 11 is 0. The topological polar surface area (TPSA) is 59.1 Å². The first-order chi connectivity index (χ1) is 15.6. The van der Waals surface area contributed by atoms with Crippen LogP contribution in [-0.2, 0) is 20.7 Å². The number of ether oxygens (including phenoxy) is 2. The molecule has 1 aromatic rings. The summed E-state index contributed by atoms with van der Waals surface area (Å²) in [5, 5.41) is 0. The second-order valence-corrected chi connectivity index (χ2v) is 9.68. The Hall–Kier alpha value is -2.08. The number of morpholine rings is 1. The van der Waals surface area contributed by atoms with Gasteiger partial charge in [0.1, 0.15) is 5.75 Å². The van der Waals surface area contributed by atoms with Crippen molar-refractivity contribution in [2.45, 2.75) is 58.3 Å². The lowest BCUT2D eigenvalue weighted by Crippen LogP contribution is -2.41. The van der Waals surface area contributed by atoms with E-state index in [2.05, 4.69) is 4.90 Å². The fraction of sp³-hybridized carbons (Fsp3) is 0.692. The van der Waals surface area contributed by atoms with Crippen molar-refractivity contribution in [3.05, 3.63) is 29.8 Å². The van der Waals surface area contributed by atoms with Crippen molar-refractivity contribution < 1.29 is 19.1 Å². The summed E-state index contributed by atoms with van der Waals surface area (Å²) in [5.41, 5.74) is 1.24. The van der Waals surface area contributed by atoms with Crippen LogP contribution >= 0.6 is 0 Å². The predicted molar refractivity (Wildman–Crippen MR) is 124 cm³/mol. The summed E-state index contributed by atoms with van der Waals surface area (Å²) < 4.78 is 10.9. The van der Waals surface area contributed by atoms with Crippen LogP contribution in [0, 0.1) is 11.3 Å². The van der Waals surface area contributed by atoms with Crippen molar-refractivity contribution in [1.82, 2.24) is 9.80 Å². The molecule has 32 heavy (non-hydrogen) atoms. The molecule has 0 radical (unpaired) electrons. The number of amides is 2. The maximum atomic E-state index is 13.2. The zero-order valence-corrected chi connectivity index (χ0v) is 19.5. The number of nitrogens with zero attached hydrogens (tertiary/aromatic N) is 2. The Balaban J connectivity index is 1.37. The normalized spacial score (nSPS) is 22.8. The minimum atomic E-state index is 0.206. The van der Waals surface area contributed by atoms with Gasteiger partial charge in [-0.05, 0) is 55.2 Å². The van der Waals surface area contributed by atoms with Crippen LogP contribution in [0.5, 0.6) is 5.75 Å². The van der Waals surface area contributed by atoms with Gasteiger partial charge in [-0.15, -0.1) is 0 Å². The molecule has 176 valence electrons. The first-order valence-corrected chi connectivity index (χ1v) is 12.4. The molecule has 0 N–H and O–H groups in total. The highest BCUT2D eigenvalue weighted by Crippen LogP contribution is 2.49. The maximum absolute atomic E-state index is 13.2. The fourth-order valence-electron chi connectivity index (χ4n) is 5.87. The molecule has 1 unspecified atom stereocenters. The van der Waals surface area contributed by atoms with Gasteiger partial charge in [-0.2, -0.15) is 0 Å². The van der Waals surface area contributed by atoms with E-state index in [1.165, 1.54) is 32.1 Å². The molecule has 6 heteroatoms. The summed E-state index contributed by atoms with van der Waals surface area (Å²) in [7, 11) is 0. The van der Waals surface area contributed by atoms with Gasteiger partial charge >= 0.3 is 0 Å². The van der Waals surface area contributed by atoms with Crippen LogP contribution in [0.15, 0.2) is 24.3 Å². The van der Waals surface area contributed by atoms with Crippen LogP contribution in [0.3, 0.4) is 0 Å². The molecule has 1 aliphatic carbocycles. The Morgan fingerprint density at radius 3 is 2.44 bits per heavy atom. The molecule has 2 saturated heterocycles. The Morgan fingerprint density at radius 1 is 1.03 bits per heavy atom. The third kappa shape index (κ3) is 5.45. The van der Waals surface area contributed by atoms with Crippen LogP contribution in [0.1, 0.15) is 57.4 Å². The van der Waals surface area contributed by atoms with Gasteiger partial charge in [-0.1, -0.05) is 31.4 Å². The first-order valence-electron chi connectivity index (χ1n) is 12.4. The van der Waals surface area contributed by atoms with E-state index < -0.39 is 0 Å². The van der Waals surface area contributed by atoms with Crippen molar-refractivity contribution in [1.29, 1.82) is 0 Å². The molecule has 0 aromatic heterocycles. The number of carbonyl (C=O) groups excluding carboxylic acids is 2. The number of hydrogen-bond donors (Lipinski definition) is 0. The third-order valence-corrected chi connectivity index (χ3v) is 7.67. The van der Waals surface area contributed by atoms with Crippen molar-refractivity contribution in [3.8, 4) is 5.75 Å². The van der Waals surface area contributed by atoms with Crippen LogP contribution in [0.25, 0.3) is 0 Å². The van der Waals surface area contributed by atoms with Crippen molar-refractivity contribution in [2.24, 2.45) is 11.3 Å². The van der Waals surface area contributed by atoms with Crippen LogP contribution in [-0.4, -0.2) is 67.6 Å². The molecular weight excluding hydrogens is 404 g/mol. The van der Waals surface area contributed by atoms with Gasteiger partial charge < -0.3 is 19.3 Å². The number of rotatable bonds is 7. The highest BCUT2D eigenvalue weighted by molar-refractivity contribution is 5.79. The van der Waals surface area contributed by atoms with Crippen molar-refractivity contribution in [2.75, 3.05) is 46.0 Å². The van der Waals surface area contributed by atoms with Crippen LogP contribution < -0.4 is 4.74 Å². The van der Waals surface area contributed by atoms with E-state index in [1.54, 1.807) is 0 Å². The molecule has 2 amide bonds. The molecule has 3 fully saturated rings. The third-order valence-electron chi connectivity index (χ3n) is 7.67. The highest BCUT2D eigenvalue weighted by atomic mass is 16.5. The van der Waals surface area contributed by atoms with Gasteiger partial charge in [-0.3, -0.25) is 9.59 Å². The largest absolute Gasteiger partial charge is 0.494 e. The Morgan fingerprint density at radius 2 is 1.75 bits per heavy atom. The summed E-state index contributed by atoms with van der Waals surface area (Å²) in [5.74, 6) is 1.73. The van der Waals surface area contributed by atoms with Gasteiger partial charge in [-0.25, -0.2) is 0 Å². The number of hydrogen-bond acceptors (Lipinski definition) is 4. The van der Waals surface area contributed by atoms with Gasteiger partial charge in [0.25, 0.3) is 0 Å². The Labute approximate surface area is 192 Å². The van der Waals surface area contributed by atoms with Gasteiger partial charge in [0.2, 0.25) is 11.8 Å². The SMILES string of the molecule is CCOc1ccc(CC(=O)N2CC(CCC(=O)N3CCOCC3)C3(CCCCC3)C2)cc1. The monoisotopic (exact) mass is 442 g/mol. The predicted octanol–water partition coefficient (Wildman–Crippen LogP) is 3.68. The second kappa shape index (κ2) is 10.7. The van der Waals surface area contributed by atoms with Crippen molar-refractivity contribution >= 4 is 11.8 Å². The maximum Gasteiger partial charge on any atom is 0.227 e. The molecule has 1 saturated carbocycles. The van der Waals surface area contributed by atoms with Crippen molar-refractivity contribution in [3.63, 3.8) is 0 Å². The van der Waals surface area contributed by atoms with Crippen LogP contribution in [0.2, 0.25) is 0 Å². The lowest BCUT2D eigenvalue weighted by Gasteiger charge is -2.38. The number of benzene rings is 1. The Bertz CT molecular complexity index is 767. The average Bonchev–Trinajstić information content (AvgIpc) is 3.17. The lowest BCUT2D eigenvalue weighted by atomic mass is 9.66. The zero-order chi connectivity index (χ0) is 22.4. The lowest BCUT2D eigenvalue weighted by molar-refractivity contribution is -0.135. The fourth-order valence-corrected chi connectivity index (χ4v) is 5.87. The van der Waals surface area contributed by atoms with E-state index >= 15 is 0 Å². The quantitative estimate of drug-likeness (QED) is 0.646. The smallest absolute Gasteiger partial charge is 0.227 e. The molecule has 2 heterocycles. The van der Waals surface area contributed by atoms with E-state index in [-0.39, 0.29) is 17.2 Å². The van der Waals surface area contributed by atoms with Crippen LogP contribution in [0.4, 0.5) is 0 Å². The average molecular weight is 443 g/mol. The van der Waals surface area contributed by atoms with E-state index in [9.17, 15) is 9.59 Å². The summed E-state index contributed by atoms with van der Waals surface area (Å²) in [6, 6.07) is 7.87. The molecule has 1 spiro atoms. The molecule has 1 atom stereocenters.